The van der Waals surface area contributed by atoms with Crippen LogP contribution in [-0.2, 0) is 7.05 Å². The molecule has 3 rings (SSSR count). The van der Waals surface area contributed by atoms with Gasteiger partial charge in [-0.3, -0.25) is 20.4 Å². The van der Waals surface area contributed by atoms with Crippen LogP contribution in [0.15, 0.2) is 48.7 Å². The molecule has 0 saturated carbocycles. The minimum absolute atomic E-state index is 0.184. The average Bonchev–Trinajstić information content (AvgIpc) is 2.90. The highest BCUT2D eigenvalue weighted by atomic mass is 35.5. The first-order valence-corrected chi connectivity index (χ1v) is 7.45. The summed E-state index contributed by atoms with van der Waals surface area (Å²) < 4.78 is 15.5. The topological polar surface area (TPSA) is 63.1 Å². The van der Waals surface area contributed by atoms with Crippen LogP contribution in [0.3, 0.4) is 0 Å². The fourth-order valence-electron chi connectivity index (χ4n) is 2.44. The second-order valence-corrected chi connectivity index (χ2v) is 5.64. The third-order valence-electron chi connectivity index (χ3n) is 3.61. The molecule has 0 aliphatic carbocycles. The molecule has 5 nitrogen and oxygen atoms in total. The van der Waals surface area contributed by atoms with Crippen LogP contribution in [0.2, 0.25) is 5.02 Å². The van der Waals surface area contributed by atoms with Crippen LogP contribution in [0.5, 0.6) is 0 Å². The van der Waals surface area contributed by atoms with Crippen LogP contribution in [-0.4, -0.2) is 16.4 Å². The van der Waals surface area contributed by atoms with Crippen LogP contribution in [0.25, 0.3) is 10.9 Å². The van der Waals surface area contributed by atoms with Crippen molar-refractivity contribution in [3.63, 3.8) is 0 Å². The SMILES string of the molecule is Cn1cc(C(=O)NNC(=O)c2ccc(Cl)cc2F)c2ccccc21. The molecule has 3 aromatic rings. The maximum atomic E-state index is 13.7. The van der Waals surface area contributed by atoms with Crippen LogP contribution >= 0.6 is 11.6 Å². The van der Waals surface area contributed by atoms with Crippen molar-refractivity contribution in [3.8, 4) is 0 Å². The van der Waals surface area contributed by atoms with Crippen molar-refractivity contribution in [2.45, 2.75) is 0 Å². The zero-order chi connectivity index (χ0) is 17.3. The van der Waals surface area contributed by atoms with E-state index in [1.807, 2.05) is 35.9 Å². The van der Waals surface area contributed by atoms with Gasteiger partial charge in [0.15, 0.2) is 0 Å². The molecular formula is C17H13ClFN3O2. The maximum absolute atomic E-state index is 13.7. The first-order chi connectivity index (χ1) is 11.5. The average molecular weight is 346 g/mol. The second kappa shape index (κ2) is 6.33. The fraction of sp³-hybridized carbons (Fsp3) is 0.0588. The van der Waals surface area contributed by atoms with Gasteiger partial charge in [-0.1, -0.05) is 29.8 Å². The lowest BCUT2D eigenvalue weighted by Gasteiger charge is -2.07. The second-order valence-electron chi connectivity index (χ2n) is 5.20. The highest BCUT2D eigenvalue weighted by molar-refractivity contribution is 6.30. The van der Waals surface area contributed by atoms with Gasteiger partial charge in [0, 0.05) is 29.2 Å². The summed E-state index contributed by atoms with van der Waals surface area (Å²) >= 11 is 5.64. The van der Waals surface area contributed by atoms with Crippen molar-refractivity contribution in [1.29, 1.82) is 0 Å². The van der Waals surface area contributed by atoms with Gasteiger partial charge in [0.2, 0.25) is 0 Å². The number of hydrogen-bond donors (Lipinski definition) is 2. The van der Waals surface area contributed by atoms with Crippen molar-refractivity contribution < 1.29 is 14.0 Å². The zero-order valence-corrected chi connectivity index (χ0v) is 13.4. The molecule has 0 aliphatic heterocycles. The Labute approximate surface area is 142 Å². The Balaban J connectivity index is 1.76. The van der Waals surface area contributed by atoms with E-state index in [1.165, 1.54) is 12.1 Å². The molecule has 0 radical (unpaired) electrons. The van der Waals surface area contributed by atoms with Gasteiger partial charge in [-0.25, -0.2) is 4.39 Å². The first-order valence-electron chi connectivity index (χ1n) is 7.07. The van der Waals surface area contributed by atoms with E-state index in [0.29, 0.717) is 5.56 Å². The fourth-order valence-corrected chi connectivity index (χ4v) is 2.60. The molecule has 0 spiro atoms. The van der Waals surface area contributed by atoms with Crippen LogP contribution in [0, 0.1) is 5.82 Å². The lowest BCUT2D eigenvalue weighted by atomic mass is 10.2. The van der Waals surface area contributed by atoms with E-state index < -0.39 is 17.6 Å². The minimum atomic E-state index is -0.766. The molecule has 0 saturated heterocycles. The quantitative estimate of drug-likeness (QED) is 0.701. The monoisotopic (exact) mass is 345 g/mol. The van der Waals surface area contributed by atoms with Gasteiger partial charge in [0.05, 0.1) is 11.1 Å². The predicted molar refractivity (Wildman–Crippen MR) is 89.3 cm³/mol. The van der Waals surface area contributed by atoms with E-state index in [9.17, 15) is 14.0 Å². The molecule has 0 fully saturated rings. The number of fused-ring (bicyclic) bond motifs is 1. The number of aromatic nitrogens is 1. The molecule has 24 heavy (non-hydrogen) atoms. The highest BCUT2D eigenvalue weighted by Gasteiger charge is 2.16. The summed E-state index contributed by atoms with van der Waals surface area (Å²) in [5.41, 5.74) is 5.58. The standard InChI is InChI=1S/C17H13ClFN3O2/c1-22-9-13(11-4-2-3-5-15(11)22)17(24)21-20-16(23)12-7-6-10(18)8-14(12)19/h2-9H,1H3,(H,20,23)(H,21,24). The smallest absolute Gasteiger partial charge is 0.272 e. The number of carbonyl (C=O) groups excluding carboxylic acids is 2. The number of rotatable bonds is 2. The summed E-state index contributed by atoms with van der Waals surface area (Å²) in [7, 11) is 1.82. The Morgan fingerprint density at radius 1 is 1.04 bits per heavy atom. The first kappa shape index (κ1) is 16.0. The summed E-state index contributed by atoms with van der Waals surface area (Å²) in [6.07, 6.45) is 1.66. The Kier molecular flexibility index (Phi) is 4.22. The number of para-hydroxylation sites is 1. The third kappa shape index (κ3) is 2.96. The van der Waals surface area contributed by atoms with Gasteiger partial charge >= 0.3 is 0 Å². The lowest BCUT2D eigenvalue weighted by molar-refractivity contribution is 0.0845. The van der Waals surface area contributed by atoms with Crippen molar-refractivity contribution in [2.75, 3.05) is 0 Å². The molecule has 2 aromatic carbocycles. The number of amides is 2. The van der Waals surface area contributed by atoms with Gasteiger partial charge in [-0.05, 0) is 24.3 Å². The summed E-state index contributed by atoms with van der Waals surface area (Å²) in [5.74, 6) is -2.02. The number of hydrazine groups is 1. The Hall–Kier alpha value is -2.86. The number of halogens is 2. The van der Waals surface area contributed by atoms with Crippen molar-refractivity contribution in [3.05, 3.63) is 70.6 Å². The molecule has 2 N–H and O–H groups in total. The number of aryl methyl sites for hydroxylation is 1. The summed E-state index contributed by atoms with van der Waals surface area (Å²) in [6.45, 7) is 0. The van der Waals surface area contributed by atoms with Crippen molar-refractivity contribution in [2.24, 2.45) is 7.05 Å². The molecular weight excluding hydrogens is 333 g/mol. The lowest BCUT2D eigenvalue weighted by Crippen LogP contribution is -2.41. The van der Waals surface area contributed by atoms with Crippen LogP contribution < -0.4 is 10.9 Å². The van der Waals surface area contributed by atoms with Crippen molar-refractivity contribution in [1.82, 2.24) is 15.4 Å². The van der Waals surface area contributed by atoms with Gasteiger partial charge in [-0.2, -0.15) is 0 Å². The van der Waals surface area contributed by atoms with E-state index in [2.05, 4.69) is 10.9 Å². The molecule has 1 aromatic heterocycles. The number of nitrogens with one attached hydrogen (secondary N) is 2. The van der Waals surface area contributed by atoms with Crippen LogP contribution in [0.4, 0.5) is 4.39 Å². The summed E-state index contributed by atoms with van der Waals surface area (Å²) in [6, 6.07) is 11.1. The van der Waals surface area contributed by atoms with Crippen molar-refractivity contribution >= 4 is 34.3 Å². The normalized spacial score (nSPS) is 10.6. The maximum Gasteiger partial charge on any atom is 0.272 e. The Morgan fingerprint density at radius 2 is 1.71 bits per heavy atom. The Morgan fingerprint density at radius 3 is 2.42 bits per heavy atom. The number of carbonyl (C=O) groups is 2. The summed E-state index contributed by atoms with van der Waals surface area (Å²) in [5, 5.41) is 0.938. The Bertz CT molecular complexity index is 952. The number of nitrogens with zero attached hydrogens (tertiary/aromatic N) is 1. The molecule has 0 unspecified atom stereocenters. The molecule has 7 heteroatoms. The van der Waals surface area contributed by atoms with Gasteiger partial charge in [0.1, 0.15) is 5.82 Å². The van der Waals surface area contributed by atoms with E-state index in [1.54, 1.807) is 6.20 Å². The van der Waals surface area contributed by atoms with Gasteiger partial charge in [-0.15, -0.1) is 0 Å². The molecule has 0 atom stereocenters. The predicted octanol–water partition coefficient (Wildman–Crippen LogP) is 3.05. The highest BCUT2D eigenvalue weighted by Crippen LogP contribution is 2.20. The minimum Gasteiger partial charge on any atom is -0.350 e. The number of benzene rings is 2. The van der Waals surface area contributed by atoms with Gasteiger partial charge < -0.3 is 4.57 Å². The van der Waals surface area contributed by atoms with E-state index in [0.717, 1.165) is 17.0 Å². The van der Waals surface area contributed by atoms with Gasteiger partial charge in [0.25, 0.3) is 11.8 Å². The van der Waals surface area contributed by atoms with E-state index >= 15 is 0 Å². The van der Waals surface area contributed by atoms with Crippen LogP contribution in [0.1, 0.15) is 20.7 Å². The summed E-state index contributed by atoms with van der Waals surface area (Å²) in [4.78, 5) is 24.3. The van der Waals surface area contributed by atoms with E-state index in [4.69, 9.17) is 11.6 Å². The molecule has 2 amide bonds. The third-order valence-corrected chi connectivity index (χ3v) is 3.84. The molecule has 1 heterocycles. The molecule has 122 valence electrons. The molecule has 0 bridgehead atoms. The number of hydrogen-bond acceptors (Lipinski definition) is 2. The molecule has 0 aliphatic rings. The zero-order valence-electron chi connectivity index (χ0n) is 12.6. The van der Waals surface area contributed by atoms with E-state index in [-0.39, 0.29) is 10.6 Å². The largest absolute Gasteiger partial charge is 0.350 e.